The number of hydrogen-bond donors (Lipinski definition) is 1. The molecule has 0 aliphatic rings. The third-order valence-corrected chi connectivity index (χ3v) is 4.85. The molecule has 0 radical (unpaired) electrons. The number of ether oxygens (including phenoxy) is 1. The molecule has 1 atom stereocenters. The topological polar surface area (TPSA) is 66.8 Å². The fourth-order valence-corrected chi connectivity index (χ4v) is 3.21. The van der Waals surface area contributed by atoms with Crippen molar-refractivity contribution in [2.24, 2.45) is 0 Å². The van der Waals surface area contributed by atoms with Gasteiger partial charge in [-0.3, -0.25) is 0 Å². The molecule has 0 amide bonds. The average molecular weight is 287 g/mol. The second-order valence-corrected chi connectivity index (χ2v) is 6.18. The van der Waals surface area contributed by atoms with E-state index in [0.29, 0.717) is 25.3 Å². The maximum atomic E-state index is 12.4. The van der Waals surface area contributed by atoms with E-state index in [9.17, 15) is 13.5 Å². The van der Waals surface area contributed by atoms with Crippen molar-refractivity contribution in [1.82, 2.24) is 4.31 Å². The van der Waals surface area contributed by atoms with Gasteiger partial charge >= 0.3 is 0 Å². The minimum absolute atomic E-state index is 0.198. The van der Waals surface area contributed by atoms with Crippen LogP contribution in [0.3, 0.4) is 0 Å². The zero-order valence-corrected chi connectivity index (χ0v) is 12.4. The van der Waals surface area contributed by atoms with Crippen molar-refractivity contribution in [3.05, 3.63) is 29.8 Å². The summed E-state index contributed by atoms with van der Waals surface area (Å²) in [6.07, 6.45) is -0.691. The zero-order chi connectivity index (χ0) is 14.5. The van der Waals surface area contributed by atoms with Gasteiger partial charge in [-0.05, 0) is 24.6 Å². The Kier molecular flexibility index (Phi) is 5.93. The molecule has 5 nitrogen and oxygen atoms in total. The van der Waals surface area contributed by atoms with Gasteiger partial charge in [0.2, 0.25) is 10.0 Å². The maximum absolute atomic E-state index is 12.4. The molecule has 0 saturated carbocycles. The number of nitrogens with zero attached hydrogens (tertiary/aromatic N) is 1. The van der Waals surface area contributed by atoms with Crippen molar-refractivity contribution >= 4 is 10.0 Å². The molecule has 0 spiro atoms. The molecule has 1 aromatic carbocycles. The number of methoxy groups -OCH3 is 1. The monoisotopic (exact) mass is 287 g/mol. The SMILES string of the molecule is CCN(CCOC)S(=O)(=O)c1cccc(C(C)O)c1. The first-order chi connectivity index (χ1) is 8.93. The van der Waals surface area contributed by atoms with Gasteiger partial charge < -0.3 is 9.84 Å². The number of aliphatic hydroxyl groups is 1. The van der Waals surface area contributed by atoms with Crippen LogP contribution in [0.2, 0.25) is 0 Å². The highest BCUT2D eigenvalue weighted by atomic mass is 32.2. The number of aliphatic hydroxyl groups excluding tert-OH is 1. The Bertz CT molecular complexity index is 499. The molecule has 1 rings (SSSR count). The van der Waals surface area contributed by atoms with Crippen LogP contribution in [-0.2, 0) is 14.8 Å². The lowest BCUT2D eigenvalue weighted by atomic mass is 10.1. The summed E-state index contributed by atoms with van der Waals surface area (Å²) in [6, 6.07) is 6.39. The largest absolute Gasteiger partial charge is 0.389 e. The van der Waals surface area contributed by atoms with E-state index in [1.165, 1.54) is 23.5 Å². The van der Waals surface area contributed by atoms with Crippen LogP contribution in [0.4, 0.5) is 0 Å². The van der Waals surface area contributed by atoms with Crippen molar-refractivity contribution in [1.29, 1.82) is 0 Å². The molecule has 19 heavy (non-hydrogen) atoms. The van der Waals surface area contributed by atoms with E-state index in [-0.39, 0.29) is 4.90 Å². The van der Waals surface area contributed by atoms with Crippen molar-refractivity contribution in [2.75, 3.05) is 26.8 Å². The Balaban J connectivity index is 3.07. The Morgan fingerprint density at radius 2 is 2.11 bits per heavy atom. The fraction of sp³-hybridized carbons (Fsp3) is 0.538. The van der Waals surface area contributed by atoms with Gasteiger partial charge in [0, 0.05) is 20.2 Å². The molecule has 0 fully saturated rings. The Labute approximate surface area is 114 Å². The maximum Gasteiger partial charge on any atom is 0.243 e. The predicted octanol–water partition coefficient (Wildman–Crippen LogP) is 1.40. The summed E-state index contributed by atoms with van der Waals surface area (Å²) in [4.78, 5) is 0.198. The van der Waals surface area contributed by atoms with Gasteiger partial charge in [0.15, 0.2) is 0 Å². The number of likely N-dealkylation sites (N-methyl/N-ethyl adjacent to an activating group) is 1. The molecule has 0 saturated heterocycles. The molecule has 0 aliphatic carbocycles. The van der Waals surface area contributed by atoms with E-state index in [2.05, 4.69) is 0 Å². The van der Waals surface area contributed by atoms with E-state index in [1.807, 2.05) is 0 Å². The highest BCUT2D eigenvalue weighted by Gasteiger charge is 2.23. The summed E-state index contributed by atoms with van der Waals surface area (Å²) in [5.74, 6) is 0. The van der Waals surface area contributed by atoms with E-state index in [1.54, 1.807) is 26.0 Å². The average Bonchev–Trinajstić information content (AvgIpc) is 2.39. The lowest BCUT2D eigenvalue weighted by Crippen LogP contribution is -2.33. The molecule has 1 N–H and O–H groups in total. The minimum Gasteiger partial charge on any atom is -0.389 e. The van der Waals surface area contributed by atoms with Crippen LogP contribution >= 0.6 is 0 Å². The first-order valence-electron chi connectivity index (χ1n) is 6.20. The number of hydrogen-bond acceptors (Lipinski definition) is 4. The van der Waals surface area contributed by atoms with Gasteiger partial charge in [-0.25, -0.2) is 8.42 Å². The van der Waals surface area contributed by atoms with Crippen molar-refractivity contribution in [3.8, 4) is 0 Å². The van der Waals surface area contributed by atoms with Crippen LogP contribution in [0, 0.1) is 0 Å². The Morgan fingerprint density at radius 3 is 2.63 bits per heavy atom. The van der Waals surface area contributed by atoms with Crippen molar-refractivity contribution < 1.29 is 18.3 Å². The molecular weight excluding hydrogens is 266 g/mol. The standard InChI is InChI=1S/C13H21NO4S/c1-4-14(8-9-18-3)19(16,17)13-7-5-6-12(10-13)11(2)15/h5-7,10-11,15H,4,8-9H2,1-3H3. The molecule has 0 aliphatic heterocycles. The van der Waals surface area contributed by atoms with Gasteiger partial charge in [-0.2, -0.15) is 4.31 Å². The van der Waals surface area contributed by atoms with Gasteiger partial charge in [0.1, 0.15) is 0 Å². The second kappa shape index (κ2) is 7.00. The molecule has 0 bridgehead atoms. The lowest BCUT2D eigenvalue weighted by Gasteiger charge is -2.20. The van der Waals surface area contributed by atoms with Crippen molar-refractivity contribution in [2.45, 2.75) is 24.8 Å². The highest BCUT2D eigenvalue weighted by molar-refractivity contribution is 7.89. The summed E-state index contributed by atoms with van der Waals surface area (Å²) in [5, 5.41) is 9.52. The predicted molar refractivity (Wildman–Crippen MR) is 73.4 cm³/mol. The van der Waals surface area contributed by atoms with E-state index >= 15 is 0 Å². The smallest absolute Gasteiger partial charge is 0.243 e. The highest BCUT2D eigenvalue weighted by Crippen LogP contribution is 2.20. The van der Waals surface area contributed by atoms with Crippen LogP contribution < -0.4 is 0 Å². The number of benzene rings is 1. The van der Waals surface area contributed by atoms with Gasteiger partial charge in [0.05, 0.1) is 17.6 Å². The first kappa shape index (κ1) is 16.1. The summed E-state index contributed by atoms with van der Waals surface area (Å²) in [6.45, 7) is 4.43. The van der Waals surface area contributed by atoms with Crippen LogP contribution in [0.25, 0.3) is 0 Å². The zero-order valence-electron chi connectivity index (χ0n) is 11.5. The van der Waals surface area contributed by atoms with Crippen LogP contribution in [0.1, 0.15) is 25.5 Å². The van der Waals surface area contributed by atoms with Gasteiger partial charge in [0.25, 0.3) is 0 Å². The normalized spacial score (nSPS) is 13.7. The number of rotatable bonds is 7. The molecule has 0 heterocycles. The van der Waals surface area contributed by atoms with Crippen LogP contribution in [-0.4, -0.2) is 44.6 Å². The second-order valence-electron chi connectivity index (χ2n) is 4.24. The molecular formula is C13H21NO4S. The molecule has 1 aromatic rings. The molecule has 108 valence electrons. The third-order valence-electron chi connectivity index (χ3n) is 2.88. The molecule has 0 aromatic heterocycles. The summed E-state index contributed by atoms with van der Waals surface area (Å²) in [5.41, 5.74) is 0.587. The fourth-order valence-electron chi connectivity index (χ4n) is 1.73. The summed E-state index contributed by atoms with van der Waals surface area (Å²) in [7, 11) is -2.00. The summed E-state index contributed by atoms with van der Waals surface area (Å²) < 4.78 is 31.1. The first-order valence-corrected chi connectivity index (χ1v) is 7.64. The molecule has 1 unspecified atom stereocenters. The van der Waals surface area contributed by atoms with E-state index in [0.717, 1.165) is 0 Å². The summed E-state index contributed by atoms with van der Waals surface area (Å²) >= 11 is 0. The van der Waals surface area contributed by atoms with Gasteiger partial charge in [-0.15, -0.1) is 0 Å². The van der Waals surface area contributed by atoms with Crippen LogP contribution in [0.5, 0.6) is 0 Å². The third kappa shape index (κ3) is 4.01. The van der Waals surface area contributed by atoms with E-state index < -0.39 is 16.1 Å². The van der Waals surface area contributed by atoms with E-state index in [4.69, 9.17) is 4.74 Å². The number of sulfonamides is 1. The van der Waals surface area contributed by atoms with Crippen molar-refractivity contribution in [3.63, 3.8) is 0 Å². The Hall–Kier alpha value is -0.950. The van der Waals surface area contributed by atoms with Gasteiger partial charge in [-0.1, -0.05) is 19.1 Å². The quantitative estimate of drug-likeness (QED) is 0.823. The minimum atomic E-state index is -3.54. The lowest BCUT2D eigenvalue weighted by molar-refractivity contribution is 0.180. The van der Waals surface area contributed by atoms with Crippen LogP contribution in [0.15, 0.2) is 29.2 Å². The Morgan fingerprint density at radius 1 is 1.42 bits per heavy atom. The molecule has 6 heteroatoms.